The molecule has 0 aromatic heterocycles. The Morgan fingerprint density at radius 1 is 1.12 bits per heavy atom. The van der Waals surface area contributed by atoms with Crippen LogP contribution in [0.3, 0.4) is 0 Å². The lowest BCUT2D eigenvalue weighted by molar-refractivity contribution is 0.0585. The van der Waals surface area contributed by atoms with Crippen molar-refractivity contribution in [2.24, 2.45) is 0 Å². The third-order valence-corrected chi connectivity index (χ3v) is 4.44. The summed E-state index contributed by atoms with van der Waals surface area (Å²) in [5, 5.41) is 0. The van der Waals surface area contributed by atoms with Crippen LogP contribution in [0.15, 0.2) is 0 Å². The van der Waals surface area contributed by atoms with Crippen molar-refractivity contribution >= 4 is 7.60 Å². The minimum absolute atomic E-state index is 0.173. The quantitative estimate of drug-likeness (QED) is 0.729. The largest absolute Gasteiger partial charge is 0.343 e. The molecule has 0 radical (unpaired) electrons. The van der Waals surface area contributed by atoms with Crippen molar-refractivity contribution in [3.8, 4) is 0 Å². The van der Waals surface area contributed by atoms with Gasteiger partial charge in [0, 0.05) is 31.7 Å². The van der Waals surface area contributed by atoms with E-state index in [0.717, 1.165) is 13.1 Å². The van der Waals surface area contributed by atoms with Crippen LogP contribution >= 0.6 is 7.60 Å². The maximum atomic E-state index is 11.5. The van der Waals surface area contributed by atoms with Crippen molar-refractivity contribution in [3.63, 3.8) is 0 Å². The van der Waals surface area contributed by atoms with Gasteiger partial charge in [0.15, 0.2) is 0 Å². The molecule has 6 heteroatoms. The molecule has 0 aromatic carbocycles. The first kappa shape index (κ1) is 14.1. The Labute approximate surface area is 97.6 Å². The summed E-state index contributed by atoms with van der Waals surface area (Å²) in [5.74, 6) is -0.649. The summed E-state index contributed by atoms with van der Waals surface area (Å²) in [4.78, 5) is 22.9. The monoisotopic (exact) mass is 250 g/mol. The topological polar surface area (TPSA) is 64.0 Å². The lowest BCUT2D eigenvalue weighted by atomic mass is 10.2. The second-order valence-corrected chi connectivity index (χ2v) is 6.76. The third kappa shape index (κ3) is 3.28. The average molecular weight is 250 g/mol. The van der Waals surface area contributed by atoms with Crippen LogP contribution in [-0.2, 0) is 4.57 Å². The van der Waals surface area contributed by atoms with E-state index in [9.17, 15) is 14.4 Å². The van der Waals surface area contributed by atoms with Gasteiger partial charge in [-0.15, -0.1) is 0 Å². The molecule has 16 heavy (non-hydrogen) atoms. The van der Waals surface area contributed by atoms with Gasteiger partial charge in [0.05, 0.1) is 0 Å². The van der Waals surface area contributed by atoms with E-state index in [1.54, 1.807) is 0 Å². The average Bonchev–Trinajstić information content (AvgIpc) is 2.15. The van der Waals surface area contributed by atoms with E-state index in [0.29, 0.717) is 12.6 Å². The molecule has 0 aromatic rings. The fourth-order valence-electron chi connectivity index (χ4n) is 2.17. The predicted octanol–water partition coefficient (Wildman–Crippen LogP) is 0.925. The van der Waals surface area contributed by atoms with Gasteiger partial charge >= 0.3 is 7.60 Å². The molecule has 1 saturated heterocycles. The van der Waals surface area contributed by atoms with E-state index in [4.69, 9.17) is 0 Å². The molecule has 0 aliphatic carbocycles. The number of hydrogen-bond donors (Lipinski definition) is 2. The molecule has 1 aliphatic rings. The molecule has 0 amide bonds. The zero-order valence-electron chi connectivity index (χ0n) is 10.5. The lowest BCUT2D eigenvalue weighted by Gasteiger charge is -2.44. The van der Waals surface area contributed by atoms with E-state index in [-0.39, 0.29) is 6.04 Å². The van der Waals surface area contributed by atoms with E-state index in [1.165, 1.54) is 0 Å². The first-order valence-corrected chi connectivity index (χ1v) is 7.46. The van der Waals surface area contributed by atoms with Crippen LogP contribution < -0.4 is 0 Å². The predicted molar refractivity (Wildman–Crippen MR) is 64.4 cm³/mol. The highest BCUT2D eigenvalue weighted by Gasteiger charge is 2.40. The third-order valence-electron chi connectivity index (χ3n) is 3.21. The number of rotatable bonds is 3. The zero-order chi connectivity index (χ0) is 12.5. The number of piperazine rings is 1. The Morgan fingerprint density at radius 3 is 2.06 bits per heavy atom. The standard InChI is InChI=1S/C10H23N2O3P/c1-8(2)11-5-6-12(9(3)4)10(7-11)16(13,14)15/h8-10H,5-7H2,1-4H3,(H2,13,14,15)/t10-/m0/s1. The maximum Gasteiger partial charge on any atom is 0.343 e. The Morgan fingerprint density at radius 2 is 1.69 bits per heavy atom. The Balaban J connectivity index is 2.82. The first-order valence-electron chi connectivity index (χ1n) is 5.78. The Kier molecular flexibility index (Phi) is 4.55. The van der Waals surface area contributed by atoms with Crippen molar-refractivity contribution in [2.45, 2.75) is 45.6 Å². The van der Waals surface area contributed by atoms with Gasteiger partial charge in [0.2, 0.25) is 0 Å². The summed E-state index contributed by atoms with van der Waals surface area (Å²) in [7, 11) is -4.04. The summed E-state index contributed by atoms with van der Waals surface area (Å²) in [6.07, 6.45) is 0. The SMILES string of the molecule is CC(C)N1CCN(C(C)C)[C@@H](P(=O)(O)O)C1. The van der Waals surface area contributed by atoms with E-state index >= 15 is 0 Å². The molecule has 1 fully saturated rings. The maximum absolute atomic E-state index is 11.5. The molecule has 1 rings (SSSR count). The number of hydrogen-bond acceptors (Lipinski definition) is 3. The highest BCUT2D eigenvalue weighted by atomic mass is 31.2. The van der Waals surface area contributed by atoms with Crippen molar-refractivity contribution in [1.29, 1.82) is 0 Å². The first-order chi connectivity index (χ1) is 7.23. The minimum Gasteiger partial charge on any atom is -0.323 e. The summed E-state index contributed by atoms with van der Waals surface area (Å²) < 4.78 is 11.5. The molecule has 96 valence electrons. The lowest BCUT2D eigenvalue weighted by Crippen LogP contribution is -2.56. The van der Waals surface area contributed by atoms with Crippen molar-refractivity contribution in [1.82, 2.24) is 9.80 Å². The van der Waals surface area contributed by atoms with E-state index < -0.39 is 13.4 Å². The van der Waals surface area contributed by atoms with Crippen LogP contribution in [0.5, 0.6) is 0 Å². The normalized spacial score (nSPS) is 25.6. The summed E-state index contributed by atoms with van der Waals surface area (Å²) in [6, 6.07) is 0.510. The smallest absolute Gasteiger partial charge is 0.323 e. The molecule has 5 nitrogen and oxygen atoms in total. The molecule has 1 aliphatic heterocycles. The highest BCUT2D eigenvalue weighted by Crippen LogP contribution is 2.45. The van der Waals surface area contributed by atoms with Gasteiger partial charge in [0.1, 0.15) is 5.78 Å². The van der Waals surface area contributed by atoms with Gasteiger partial charge in [-0.2, -0.15) is 0 Å². The van der Waals surface area contributed by atoms with Crippen LogP contribution in [0.2, 0.25) is 0 Å². The Hall–Kier alpha value is 0.0700. The number of nitrogens with zero attached hydrogens (tertiary/aromatic N) is 2. The molecule has 0 saturated carbocycles. The Bertz CT molecular complexity index is 277. The molecule has 1 atom stereocenters. The molecular weight excluding hydrogens is 227 g/mol. The van der Waals surface area contributed by atoms with Gasteiger partial charge in [-0.3, -0.25) is 14.4 Å². The summed E-state index contributed by atoms with van der Waals surface area (Å²) >= 11 is 0. The van der Waals surface area contributed by atoms with Crippen LogP contribution in [0.4, 0.5) is 0 Å². The van der Waals surface area contributed by atoms with Crippen LogP contribution in [0.25, 0.3) is 0 Å². The molecule has 1 heterocycles. The van der Waals surface area contributed by atoms with Crippen molar-refractivity contribution in [2.75, 3.05) is 19.6 Å². The molecule has 0 spiro atoms. The second kappa shape index (κ2) is 5.15. The second-order valence-electron chi connectivity index (χ2n) is 4.99. The van der Waals surface area contributed by atoms with Crippen LogP contribution in [-0.4, -0.2) is 57.1 Å². The fraction of sp³-hybridized carbons (Fsp3) is 1.00. The van der Waals surface area contributed by atoms with E-state index in [2.05, 4.69) is 18.7 Å². The summed E-state index contributed by atoms with van der Waals surface area (Å²) in [6.45, 7) is 10.1. The fourth-order valence-corrected chi connectivity index (χ4v) is 3.36. The van der Waals surface area contributed by atoms with Gasteiger partial charge in [0.25, 0.3) is 0 Å². The molecule has 0 unspecified atom stereocenters. The van der Waals surface area contributed by atoms with Crippen LogP contribution in [0.1, 0.15) is 27.7 Å². The van der Waals surface area contributed by atoms with Gasteiger partial charge in [-0.1, -0.05) is 0 Å². The molecule has 2 N–H and O–H groups in total. The van der Waals surface area contributed by atoms with Crippen molar-refractivity contribution in [3.05, 3.63) is 0 Å². The summed E-state index contributed by atoms with van der Waals surface area (Å²) in [5.41, 5.74) is 0. The zero-order valence-corrected chi connectivity index (χ0v) is 11.4. The van der Waals surface area contributed by atoms with Crippen LogP contribution in [0, 0.1) is 0 Å². The van der Waals surface area contributed by atoms with Gasteiger partial charge in [-0.25, -0.2) is 0 Å². The minimum atomic E-state index is -4.04. The molecular formula is C10H23N2O3P. The van der Waals surface area contributed by atoms with Crippen molar-refractivity contribution < 1.29 is 14.4 Å². The van der Waals surface area contributed by atoms with E-state index in [1.807, 2.05) is 18.7 Å². The van der Waals surface area contributed by atoms with Gasteiger partial charge in [-0.05, 0) is 27.7 Å². The highest BCUT2D eigenvalue weighted by molar-refractivity contribution is 7.52. The molecule has 0 bridgehead atoms. The van der Waals surface area contributed by atoms with Gasteiger partial charge < -0.3 is 9.79 Å².